The minimum Gasteiger partial charge on any atom is -0.278 e. The van der Waals surface area contributed by atoms with Gasteiger partial charge in [-0.15, -0.1) is 0 Å². The summed E-state index contributed by atoms with van der Waals surface area (Å²) in [5.41, 5.74) is 2.73. The lowest BCUT2D eigenvalue weighted by Crippen LogP contribution is -2.29. The molecule has 25 heavy (non-hydrogen) atoms. The van der Waals surface area contributed by atoms with Gasteiger partial charge >= 0.3 is 0 Å². The number of carbonyl (C=O) groups is 1. The van der Waals surface area contributed by atoms with Gasteiger partial charge in [0, 0.05) is 19.3 Å². The number of hydrogen-bond donors (Lipinski definition) is 0. The Morgan fingerprint density at radius 3 is 2.48 bits per heavy atom. The van der Waals surface area contributed by atoms with Gasteiger partial charge in [-0.2, -0.15) is 0 Å². The van der Waals surface area contributed by atoms with Crippen LogP contribution in [0.1, 0.15) is 5.56 Å². The number of rotatable bonds is 2. The van der Waals surface area contributed by atoms with Crippen LogP contribution < -0.4 is 4.90 Å². The minimum absolute atomic E-state index is 0.0265. The first-order valence-electron chi connectivity index (χ1n) is 7.76. The molecule has 0 saturated heterocycles. The maximum atomic E-state index is 13.2. The van der Waals surface area contributed by atoms with Crippen LogP contribution in [0, 0.1) is 0 Å². The summed E-state index contributed by atoms with van der Waals surface area (Å²) in [6.07, 6.45) is 0.332. The van der Waals surface area contributed by atoms with E-state index < -0.39 is 0 Å². The summed E-state index contributed by atoms with van der Waals surface area (Å²) in [6, 6.07) is 21.5. The summed E-state index contributed by atoms with van der Waals surface area (Å²) in [7, 11) is 0. The number of para-hydroxylation sites is 1. The summed E-state index contributed by atoms with van der Waals surface area (Å²) < 4.78 is 1.00. The molecule has 0 radical (unpaired) electrons. The maximum absolute atomic E-state index is 13.2. The van der Waals surface area contributed by atoms with Crippen LogP contribution in [0.4, 0.5) is 11.4 Å². The monoisotopic (exact) mass is 429 g/mol. The van der Waals surface area contributed by atoms with E-state index in [2.05, 4.69) is 15.9 Å². The molecular weight excluding hydrogens is 418 g/mol. The molecule has 4 rings (SSSR count). The number of hydrogen-bond acceptors (Lipinski definition) is 2. The van der Waals surface area contributed by atoms with Crippen molar-refractivity contribution in [2.75, 3.05) is 4.90 Å². The summed E-state index contributed by atoms with van der Waals surface area (Å²) >= 11 is 11.3. The zero-order chi connectivity index (χ0) is 17.4. The summed E-state index contributed by atoms with van der Waals surface area (Å²) in [4.78, 5) is 17.0. The van der Waals surface area contributed by atoms with E-state index in [9.17, 15) is 4.79 Å². The van der Waals surface area contributed by atoms with Crippen molar-refractivity contribution in [1.82, 2.24) is 0 Å². The smallest absolute Gasteiger partial charge is 0.236 e. The van der Waals surface area contributed by atoms with Crippen molar-refractivity contribution in [2.45, 2.75) is 16.2 Å². The number of benzene rings is 3. The van der Waals surface area contributed by atoms with Gasteiger partial charge in [0.25, 0.3) is 0 Å². The third kappa shape index (κ3) is 3.34. The number of anilines is 2. The molecule has 3 aromatic carbocycles. The molecule has 1 aliphatic heterocycles. The van der Waals surface area contributed by atoms with Crippen molar-refractivity contribution < 1.29 is 4.79 Å². The second-order valence-corrected chi connectivity index (χ2v) is 8.15. The SMILES string of the molecule is O=C(Cc1ccc(Br)cc1)N1c2ccccc2Sc2ccc(Cl)cc21. The highest BCUT2D eigenvalue weighted by Gasteiger charge is 2.28. The number of halogens is 2. The Kier molecular flexibility index (Phi) is 4.59. The molecule has 1 heterocycles. The molecule has 0 saturated carbocycles. The molecule has 2 nitrogen and oxygen atoms in total. The lowest BCUT2D eigenvalue weighted by atomic mass is 10.1. The molecule has 0 atom stereocenters. The molecular formula is C20H13BrClNOS. The van der Waals surface area contributed by atoms with Gasteiger partial charge in [-0.25, -0.2) is 0 Å². The number of fused-ring (bicyclic) bond motifs is 2. The van der Waals surface area contributed by atoms with E-state index in [1.165, 1.54) is 0 Å². The zero-order valence-corrected chi connectivity index (χ0v) is 16.2. The third-order valence-electron chi connectivity index (χ3n) is 4.01. The van der Waals surface area contributed by atoms with Crippen LogP contribution in [-0.4, -0.2) is 5.91 Å². The van der Waals surface area contributed by atoms with E-state index in [0.717, 1.165) is 31.2 Å². The first kappa shape index (κ1) is 16.7. The predicted octanol–water partition coefficient (Wildman–Crippen LogP) is 6.47. The van der Waals surface area contributed by atoms with Gasteiger partial charge in [0.15, 0.2) is 0 Å². The van der Waals surface area contributed by atoms with Crippen LogP contribution in [0.2, 0.25) is 5.02 Å². The quantitative estimate of drug-likeness (QED) is 0.464. The fourth-order valence-electron chi connectivity index (χ4n) is 2.85. The number of carbonyl (C=O) groups excluding carboxylic acids is 1. The molecule has 0 unspecified atom stereocenters. The molecule has 0 aromatic heterocycles. The van der Waals surface area contributed by atoms with Crippen LogP contribution in [-0.2, 0) is 11.2 Å². The van der Waals surface area contributed by atoms with E-state index in [-0.39, 0.29) is 5.91 Å². The predicted molar refractivity (Wildman–Crippen MR) is 107 cm³/mol. The highest BCUT2D eigenvalue weighted by atomic mass is 79.9. The van der Waals surface area contributed by atoms with Gasteiger partial charge < -0.3 is 0 Å². The zero-order valence-electron chi connectivity index (χ0n) is 13.1. The highest BCUT2D eigenvalue weighted by molar-refractivity contribution is 9.10. The first-order chi connectivity index (χ1) is 12.1. The normalized spacial score (nSPS) is 12.5. The Bertz CT molecular complexity index is 958. The fourth-order valence-corrected chi connectivity index (χ4v) is 4.32. The van der Waals surface area contributed by atoms with Crippen LogP contribution in [0.25, 0.3) is 0 Å². The molecule has 0 spiro atoms. The summed E-state index contributed by atoms with van der Waals surface area (Å²) in [5, 5.41) is 0.625. The van der Waals surface area contributed by atoms with Gasteiger partial charge in [0.1, 0.15) is 0 Å². The average Bonchev–Trinajstić information content (AvgIpc) is 2.61. The van der Waals surface area contributed by atoms with Crippen LogP contribution >= 0.6 is 39.3 Å². The Hall–Kier alpha value is -1.75. The van der Waals surface area contributed by atoms with Crippen LogP contribution in [0.3, 0.4) is 0 Å². The van der Waals surface area contributed by atoms with E-state index in [4.69, 9.17) is 11.6 Å². The minimum atomic E-state index is 0.0265. The molecule has 0 fully saturated rings. The van der Waals surface area contributed by atoms with Gasteiger partial charge in [0.05, 0.1) is 17.8 Å². The van der Waals surface area contributed by atoms with E-state index in [1.54, 1.807) is 16.7 Å². The molecule has 5 heteroatoms. The fraction of sp³-hybridized carbons (Fsp3) is 0.0500. The van der Waals surface area contributed by atoms with Gasteiger partial charge in [-0.1, -0.05) is 63.6 Å². The third-order valence-corrected chi connectivity index (χ3v) is 5.90. The van der Waals surface area contributed by atoms with Gasteiger partial charge in [-0.3, -0.25) is 9.69 Å². The lowest BCUT2D eigenvalue weighted by Gasteiger charge is -2.31. The molecule has 1 aliphatic rings. The molecule has 0 bridgehead atoms. The molecule has 0 aliphatic carbocycles. The number of nitrogens with zero attached hydrogens (tertiary/aromatic N) is 1. The maximum Gasteiger partial charge on any atom is 0.236 e. The topological polar surface area (TPSA) is 20.3 Å². The summed E-state index contributed by atoms with van der Waals surface area (Å²) in [5.74, 6) is 0.0265. The lowest BCUT2D eigenvalue weighted by molar-refractivity contribution is -0.117. The Balaban J connectivity index is 1.76. The Labute approximate surface area is 163 Å². The summed E-state index contributed by atoms with van der Waals surface area (Å²) in [6.45, 7) is 0. The van der Waals surface area contributed by atoms with E-state index >= 15 is 0 Å². The second-order valence-electron chi connectivity index (χ2n) is 5.71. The van der Waals surface area contributed by atoms with Crippen LogP contribution in [0.5, 0.6) is 0 Å². The van der Waals surface area contributed by atoms with Crippen LogP contribution in [0.15, 0.2) is 81.0 Å². The van der Waals surface area contributed by atoms with E-state index in [0.29, 0.717) is 11.4 Å². The molecule has 124 valence electrons. The molecule has 1 amide bonds. The van der Waals surface area contributed by atoms with Crippen molar-refractivity contribution in [3.63, 3.8) is 0 Å². The largest absolute Gasteiger partial charge is 0.278 e. The van der Waals surface area contributed by atoms with Gasteiger partial charge in [-0.05, 0) is 48.0 Å². The van der Waals surface area contributed by atoms with E-state index in [1.807, 2.05) is 66.7 Å². The Morgan fingerprint density at radius 2 is 1.68 bits per heavy atom. The molecule has 3 aromatic rings. The standard InChI is InChI=1S/C20H13BrClNOS/c21-14-7-5-13(6-8-14)11-20(24)23-16-3-1-2-4-18(16)25-19-10-9-15(22)12-17(19)23/h1-10,12H,11H2. The number of amides is 1. The Morgan fingerprint density at radius 1 is 0.960 bits per heavy atom. The van der Waals surface area contributed by atoms with Gasteiger partial charge in [0.2, 0.25) is 5.91 Å². The highest BCUT2D eigenvalue weighted by Crippen LogP contribution is 2.48. The van der Waals surface area contributed by atoms with Crippen molar-refractivity contribution in [3.8, 4) is 0 Å². The average molecular weight is 431 g/mol. The first-order valence-corrected chi connectivity index (χ1v) is 9.74. The van der Waals surface area contributed by atoms with Crippen molar-refractivity contribution in [3.05, 3.63) is 81.8 Å². The second kappa shape index (κ2) is 6.87. The van der Waals surface area contributed by atoms with Crippen molar-refractivity contribution in [1.29, 1.82) is 0 Å². The van der Waals surface area contributed by atoms with Crippen molar-refractivity contribution >= 4 is 56.6 Å². The van der Waals surface area contributed by atoms with Crippen molar-refractivity contribution in [2.24, 2.45) is 0 Å². The molecule has 0 N–H and O–H groups in total.